The number of alkyl halides is 2. The first kappa shape index (κ1) is 26.8. The van der Waals surface area contributed by atoms with Crippen molar-refractivity contribution < 1.29 is 13.6 Å². The molecule has 9 nitrogen and oxygen atoms in total. The van der Waals surface area contributed by atoms with E-state index in [9.17, 15) is 13.6 Å². The number of carbonyl (C=O) groups is 1. The lowest BCUT2D eigenvalue weighted by Crippen LogP contribution is -2.23. The van der Waals surface area contributed by atoms with Crippen molar-refractivity contribution in [2.75, 3.05) is 5.73 Å². The van der Waals surface area contributed by atoms with Crippen molar-refractivity contribution in [1.29, 1.82) is 0 Å². The number of nitrogen functional groups attached to an aromatic ring is 1. The first-order chi connectivity index (χ1) is 19.7. The maximum atomic E-state index is 13.9. The summed E-state index contributed by atoms with van der Waals surface area (Å²) in [5.74, 6) is -2.41. The zero-order valence-electron chi connectivity index (χ0n) is 22.8. The molecule has 41 heavy (non-hydrogen) atoms. The van der Waals surface area contributed by atoms with E-state index in [2.05, 4.69) is 37.4 Å². The largest absolute Gasteiger partial charge is 0.382 e. The topological polar surface area (TPSA) is 141 Å². The van der Waals surface area contributed by atoms with Crippen molar-refractivity contribution in [2.24, 2.45) is 5.73 Å². The van der Waals surface area contributed by atoms with E-state index in [0.717, 1.165) is 38.9 Å². The Bertz CT molecular complexity index is 1750. The lowest BCUT2D eigenvalue weighted by atomic mass is 9.81. The monoisotopic (exact) mass is 558 g/mol. The Balaban J connectivity index is 1.32. The second-order valence-electron chi connectivity index (χ2n) is 10.9. The Labute approximate surface area is 235 Å². The van der Waals surface area contributed by atoms with Gasteiger partial charge < -0.3 is 26.3 Å². The summed E-state index contributed by atoms with van der Waals surface area (Å²) in [6.45, 7) is 3.05. The molecular formula is C30H32F2N8O. The number of benzene rings is 2. The van der Waals surface area contributed by atoms with Crippen LogP contribution in [0.5, 0.6) is 0 Å². The molecule has 1 fully saturated rings. The molecule has 1 aliphatic rings. The molecule has 0 radical (unpaired) electrons. The highest BCUT2D eigenvalue weighted by Gasteiger charge is 2.35. The quantitative estimate of drug-likeness (QED) is 0.223. The van der Waals surface area contributed by atoms with Crippen molar-refractivity contribution in [2.45, 2.75) is 64.1 Å². The van der Waals surface area contributed by atoms with Gasteiger partial charge in [0.15, 0.2) is 11.5 Å². The molecule has 0 saturated heterocycles. The number of nitrogens with zero attached hydrogens (tertiary/aromatic N) is 4. The van der Waals surface area contributed by atoms with Crippen LogP contribution in [0.1, 0.15) is 69.9 Å². The van der Waals surface area contributed by atoms with Crippen LogP contribution in [0, 0.1) is 6.92 Å². The van der Waals surface area contributed by atoms with Crippen molar-refractivity contribution in [3.8, 4) is 0 Å². The van der Waals surface area contributed by atoms with Gasteiger partial charge in [-0.1, -0.05) is 18.2 Å². The Morgan fingerprint density at radius 2 is 1.95 bits per heavy atom. The number of H-pyrrole nitrogens is 1. The van der Waals surface area contributed by atoms with Crippen LogP contribution in [0.2, 0.25) is 0 Å². The molecule has 212 valence electrons. The summed E-state index contributed by atoms with van der Waals surface area (Å²) in [6.07, 6.45) is 3.74. The summed E-state index contributed by atoms with van der Waals surface area (Å²) in [6, 6.07) is 11.8. The average Bonchev–Trinajstić information content (AvgIpc) is 3.56. The van der Waals surface area contributed by atoms with Crippen molar-refractivity contribution in [3.63, 3.8) is 0 Å². The van der Waals surface area contributed by atoms with Crippen LogP contribution in [0.3, 0.4) is 0 Å². The number of nitrogens with one attached hydrogen (secondary N) is 2. The van der Waals surface area contributed by atoms with E-state index >= 15 is 0 Å². The summed E-state index contributed by atoms with van der Waals surface area (Å²) in [5, 5.41) is 3.97. The number of amides is 1. The van der Waals surface area contributed by atoms with Gasteiger partial charge in [-0.3, -0.25) is 4.79 Å². The van der Waals surface area contributed by atoms with Crippen LogP contribution < -0.4 is 16.8 Å². The van der Waals surface area contributed by atoms with E-state index in [0.29, 0.717) is 55.0 Å². The van der Waals surface area contributed by atoms with Gasteiger partial charge in [0.2, 0.25) is 5.92 Å². The lowest BCUT2D eigenvalue weighted by molar-refractivity contribution is -0.0382. The number of hydrogen-bond donors (Lipinski definition) is 4. The summed E-state index contributed by atoms with van der Waals surface area (Å²) in [7, 11) is 0. The molecule has 3 heterocycles. The van der Waals surface area contributed by atoms with Gasteiger partial charge in [0, 0.05) is 36.0 Å². The van der Waals surface area contributed by atoms with Crippen molar-refractivity contribution in [3.05, 3.63) is 82.6 Å². The SMILES string of the molecule is Cc1cc(CN)ccc1C(=O)NCc1cc2cc(C3CCC(F)(F)CC3)cc(Cn3cnc4c(N)ncnc43)c2[nH]1. The molecule has 3 aromatic heterocycles. The maximum Gasteiger partial charge on any atom is 0.251 e. The fraction of sp³-hybridized carbons (Fsp3) is 0.333. The second-order valence-corrected chi connectivity index (χ2v) is 10.9. The lowest BCUT2D eigenvalue weighted by Gasteiger charge is -2.29. The van der Waals surface area contributed by atoms with Crippen LogP contribution in [-0.2, 0) is 19.6 Å². The molecule has 0 aliphatic heterocycles. The van der Waals surface area contributed by atoms with Crippen molar-refractivity contribution in [1.82, 2.24) is 29.8 Å². The normalized spacial score (nSPS) is 15.5. The smallest absolute Gasteiger partial charge is 0.251 e. The van der Waals surface area contributed by atoms with Crippen LogP contribution >= 0.6 is 0 Å². The number of aromatic amines is 1. The average molecular weight is 559 g/mol. The fourth-order valence-electron chi connectivity index (χ4n) is 5.81. The Morgan fingerprint density at radius 3 is 2.71 bits per heavy atom. The van der Waals surface area contributed by atoms with Crippen LogP contribution in [-0.4, -0.2) is 36.3 Å². The third kappa shape index (κ3) is 5.37. The Kier molecular flexibility index (Phi) is 6.90. The fourth-order valence-corrected chi connectivity index (χ4v) is 5.81. The van der Waals surface area contributed by atoms with E-state index in [1.165, 1.54) is 6.33 Å². The molecule has 0 bridgehead atoms. The maximum absolute atomic E-state index is 13.9. The van der Waals surface area contributed by atoms with Gasteiger partial charge in [0.25, 0.3) is 5.91 Å². The number of anilines is 1. The highest BCUT2D eigenvalue weighted by Crippen LogP contribution is 2.42. The van der Waals surface area contributed by atoms with Crippen LogP contribution in [0.25, 0.3) is 22.1 Å². The highest BCUT2D eigenvalue weighted by atomic mass is 19.3. The molecule has 6 N–H and O–H groups in total. The number of nitrogens with two attached hydrogens (primary N) is 2. The number of imidazole rings is 1. The van der Waals surface area contributed by atoms with Gasteiger partial charge in [0.1, 0.15) is 11.8 Å². The number of fused-ring (bicyclic) bond motifs is 2. The number of carbonyl (C=O) groups excluding carboxylic acids is 1. The summed E-state index contributed by atoms with van der Waals surface area (Å²) >= 11 is 0. The zero-order valence-corrected chi connectivity index (χ0v) is 22.8. The van der Waals surface area contributed by atoms with E-state index in [-0.39, 0.29) is 24.7 Å². The third-order valence-electron chi connectivity index (χ3n) is 8.06. The number of rotatable bonds is 7. The summed E-state index contributed by atoms with van der Waals surface area (Å²) < 4.78 is 29.7. The van der Waals surface area contributed by atoms with Gasteiger partial charge in [0.05, 0.1) is 24.9 Å². The second kappa shape index (κ2) is 10.5. The molecule has 0 unspecified atom stereocenters. The first-order valence-corrected chi connectivity index (χ1v) is 13.7. The minimum atomic E-state index is -2.60. The van der Waals surface area contributed by atoms with Crippen LogP contribution in [0.15, 0.2) is 49.1 Å². The van der Waals surface area contributed by atoms with Crippen LogP contribution in [0.4, 0.5) is 14.6 Å². The van der Waals surface area contributed by atoms with E-state index in [4.69, 9.17) is 11.5 Å². The molecule has 1 saturated carbocycles. The number of aryl methyl sites for hydroxylation is 1. The third-order valence-corrected chi connectivity index (χ3v) is 8.06. The molecular weight excluding hydrogens is 526 g/mol. The summed E-state index contributed by atoms with van der Waals surface area (Å²) in [4.78, 5) is 29.2. The van der Waals surface area contributed by atoms with E-state index in [1.54, 1.807) is 12.4 Å². The Hall–Kier alpha value is -4.38. The molecule has 0 spiro atoms. The molecule has 1 amide bonds. The predicted molar refractivity (Wildman–Crippen MR) is 154 cm³/mol. The van der Waals surface area contributed by atoms with Gasteiger partial charge >= 0.3 is 0 Å². The minimum absolute atomic E-state index is 0.0489. The predicted octanol–water partition coefficient (Wildman–Crippen LogP) is 4.93. The summed E-state index contributed by atoms with van der Waals surface area (Å²) in [5.41, 5.74) is 19.0. The van der Waals surface area contributed by atoms with E-state index in [1.807, 2.05) is 29.7 Å². The molecule has 1 aliphatic carbocycles. The zero-order chi connectivity index (χ0) is 28.7. The van der Waals surface area contributed by atoms with Crippen molar-refractivity contribution >= 4 is 33.8 Å². The van der Waals surface area contributed by atoms with E-state index < -0.39 is 5.92 Å². The first-order valence-electron chi connectivity index (χ1n) is 13.7. The molecule has 0 atom stereocenters. The number of aromatic nitrogens is 5. The van der Waals surface area contributed by atoms with Gasteiger partial charge in [-0.15, -0.1) is 0 Å². The molecule has 6 rings (SSSR count). The van der Waals surface area contributed by atoms with Gasteiger partial charge in [-0.25, -0.2) is 23.7 Å². The minimum Gasteiger partial charge on any atom is -0.382 e. The van der Waals surface area contributed by atoms with Gasteiger partial charge in [-0.2, -0.15) is 0 Å². The molecule has 2 aromatic carbocycles. The Morgan fingerprint density at radius 1 is 1.15 bits per heavy atom. The molecule has 5 aromatic rings. The number of hydrogen-bond acceptors (Lipinski definition) is 6. The van der Waals surface area contributed by atoms with Gasteiger partial charge in [-0.05, 0) is 66.1 Å². The highest BCUT2D eigenvalue weighted by molar-refractivity contribution is 5.95. The standard InChI is InChI=1S/C30H32F2N8O/c1-17-8-18(12-33)2-3-24(17)29(41)35-13-23-11-21-9-20(19-4-6-30(31,32)7-5-19)10-22(25(21)39-23)14-40-16-38-26-27(34)36-15-37-28(26)40/h2-3,8-11,15-16,19,39H,4-7,12-14,33H2,1H3,(H,35,41)(H2,34,36,37). The molecule has 11 heteroatoms. The number of halogens is 2.